The second-order valence-electron chi connectivity index (χ2n) is 1.59. The fraction of sp³-hybridized carbons (Fsp3) is 0.167. The third kappa shape index (κ3) is 1.68. The Balaban J connectivity index is 3.08. The molecule has 0 bridgehead atoms. The van der Waals surface area contributed by atoms with Crippen molar-refractivity contribution in [3.63, 3.8) is 0 Å². The summed E-state index contributed by atoms with van der Waals surface area (Å²) in [6.07, 6.45) is 1.39. The van der Waals surface area contributed by atoms with E-state index in [1.165, 1.54) is 12.3 Å². The van der Waals surface area contributed by atoms with Gasteiger partial charge >= 0.3 is 5.63 Å². The maximum Gasteiger partial charge on any atom is 0.335 e. The molecule has 1 heterocycles. The zero-order chi connectivity index (χ0) is 6.69. The largest absolute Gasteiger partial charge is 0.431 e. The Labute approximate surface area is 60.6 Å². The van der Waals surface area contributed by atoms with E-state index >= 15 is 0 Å². The van der Waals surface area contributed by atoms with Crippen LogP contribution in [0.25, 0.3) is 0 Å². The normalized spacial score (nSPS) is 9.44. The van der Waals surface area contributed by atoms with Crippen molar-refractivity contribution >= 4 is 15.9 Å². The fourth-order valence-corrected chi connectivity index (χ4v) is 0.854. The van der Waals surface area contributed by atoms with Crippen LogP contribution in [0.5, 0.6) is 0 Å². The summed E-state index contributed by atoms with van der Waals surface area (Å²) in [5, 5.41) is 0.693. The second-order valence-corrected chi connectivity index (χ2v) is 2.15. The summed E-state index contributed by atoms with van der Waals surface area (Å²) in [5.41, 5.74) is 0.637. The van der Waals surface area contributed by atoms with Gasteiger partial charge in [-0.15, -0.1) is 0 Å². The standard InChI is InChI=1S/C6H5BrO2/c7-4-5-1-2-9-6(8)3-5/h1-3H,4H2. The number of hydrogen-bond donors (Lipinski definition) is 0. The van der Waals surface area contributed by atoms with Crippen LogP contribution in [-0.4, -0.2) is 0 Å². The molecule has 0 aliphatic carbocycles. The Hall–Kier alpha value is -0.570. The van der Waals surface area contributed by atoms with Crippen LogP contribution in [0, 0.1) is 0 Å². The maximum atomic E-state index is 10.5. The van der Waals surface area contributed by atoms with E-state index in [1.54, 1.807) is 6.07 Å². The first-order chi connectivity index (χ1) is 4.33. The molecule has 0 spiro atoms. The van der Waals surface area contributed by atoms with Crippen LogP contribution in [0.3, 0.4) is 0 Å². The number of alkyl halides is 1. The van der Waals surface area contributed by atoms with Gasteiger partial charge in [0.05, 0.1) is 6.26 Å². The monoisotopic (exact) mass is 188 g/mol. The van der Waals surface area contributed by atoms with E-state index < -0.39 is 0 Å². The topological polar surface area (TPSA) is 30.2 Å². The van der Waals surface area contributed by atoms with Gasteiger partial charge in [0.1, 0.15) is 0 Å². The molecule has 3 heteroatoms. The van der Waals surface area contributed by atoms with E-state index in [-0.39, 0.29) is 5.63 Å². The minimum Gasteiger partial charge on any atom is -0.431 e. The molecule has 0 amide bonds. The van der Waals surface area contributed by atoms with Gasteiger partial charge in [-0.2, -0.15) is 0 Å². The number of rotatable bonds is 1. The molecule has 0 aromatic carbocycles. The zero-order valence-corrected chi connectivity index (χ0v) is 6.22. The van der Waals surface area contributed by atoms with Gasteiger partial charge in [-0.25, -0.2) is 4.79 Å². The number of hydrogen-bond acceptors (Lipinski definition) is 2. The molecule has 1 rings (SSSR count). The maximum absolute atomic E-state index is 10.5. The van der Waals surface area contributed by atoms with Crippen molar-refractivity contribution < 1.29 is 4.42 Å². The molecule has 0 unspecified atom stereocenters. The van der Waals surface area contributed by atoms with E-state index in [9.17, 15) is 4.79 Å². The summed E-state index contributed by atoms with van der Waals surface area (Å²) in [4.78, 5) is 10.5. The Morgan fingerprint density at radius 1 is 1.67 bits per heavy atom. The molecule has 1 aromatic heterocycles. The van der Waals surface area contributed by atoms with Crippen LogP contribution < -0.4 is 5.63 Å². The van der Waals surface area contributed by atoms with Crippen molar-refractivity contribution in [3.05, 3.63) is 34.4 Å². The summed E-state index contributed by atoms with van der Waals surface area (Å²) >= 11 is 3.21. The number of halogens is 1. The molecule has 0 aliphatic heterocycles. The van der Waals surface area contributed by atoms with Gasteiger partial charge in [-0.1, -0.05) is 15.9 Å². The molecular formula is C6H5BrO2. The molecular weight excluding hydrogens is 184 g/mol. The average molecular weight is 189 g/mol. The van der Waals surface area contributed by atoms with Crippen LogP contribution in [0.1, 0.15) is 5.56 Å². The van der Waals surface area contributed by atoms with E-state index in [0.29, 0.717) is 5.33 Å². The van der Waals surface area contributed by atoms with Crippen LogP contribution in [0.2, 0.25) is 0 Å². The molecule has 9 heavy (non-hydrogen) atoms. The third-order valence-corrected chi connectivity index (χ3v) is 1.57. The summed E-state index contributed by atoms with van der Waals surface area (Å²) in [5.74, 6) is 0. The molecule has 1 aromatic rings. The molecule has 0 radical (unpaired) electrons. The van der Waals surface area contributed by atoms with Crippen molar-refractivity contribution in [2.45, 2.75) is 5.33 Å². The first-order valence-electron chi connectivity index (χ1n) is 2.46. The Morgan fingerprint density at radius 3 is 2.89 bits per heavy atom. The lowest BCUT2D eigenvalue weighted by molar-refractivity contribution is 0.509. The minimum absolute atomic E-state index is 0.299. The lowest BCUT2D eigenvalue weighted by Crippen LogP contribution is -1.95. The van der Waals surface area contributed by atoms with Crippen LogP contribution >= 0.6 is 15.9 Å². The zero-order valence-electron chi connectivity index (χ0n) is 4.63. The average Bonchev–Trinajstić information content (AvgIpc) is 1.88. The summed E-state index contributed by atoms with van der Waals surface area (Å²) in [7, 11) is 0. The fourth-order valence-electron chi connectivity index (χ4n) is 0.505. The molecule has 0 atom stereocenters. The van der Waals surface area contributed by atoms with Gasteiger partial charge < -0.3 is 4.42 Å². The van der Waals surface area contributed by atoms with E-state index in [4.69, 9.17) is 0 Å². The van der Waals surface area contributed by atoms with Crippen LogP contribution in [-0.2, 0) is 5.33 Å². The predicted octanol–water partition coefficient (Wildman–Crippen LogP) is 1.53. The molecule has 0 aliphatic rings. The van der Waals surface area contributed by atoms with Gasteiger partial charge in [0.15, 0.2) is 0 Å². The van der Waals surface area contributed by atoms with Gasteiger partial charge in [-0.3, -0.25) is 0 Å². The molecule has 0 saturated carbocycles. The summed E-state index contributed by atoms with van der Waals surface area (Å²) in [6.45, 7) is 0. The highest BCUT2D eigenvalue weighted by molar-refractivity contribution is 9.08. The second kappa shape index (κ2) is 2.82. The van der Waals surface area contributed by atoms with Crippen molar-refractivity contribution in [1.82, 2.24) is 0 Å². The lowest BCUT2D eigenvalue weighted by atomic mass is 10.3. The smallest absolute Gasteiger partial charge is 0.335 e. The van der Waals surface area contributed by atoms with E-state index in [2.05, 4.69) is 20.3 Å². The highest BCUT2D eigenvalue weighted by Gasteiger charge is 1.88. The lowest BCUT2D eigenvalue weighted by Gasteiger charge is -1.87. The predicted molar refractivity (Wildman–Crippen MR) is 37.6 cm³/mol. The Bertz CT molecular complexity index is 241. The van der Waals surface area contributed by atoms with Gasteiger partial charge in [0.25, 0.3) is 0 Å². The quantitative estimate of drug-likeness (QED) is 0.627. The van der Waals surface area contributed by atoms with Crippen LogP contribution in [0.4, 0.5) is 0 Å². The van der Waals surface area contributed by atoms with Gasteiger partial charge in [0, 0.05) is 11.4 Å². The molecule has 0 saturated heterocycles. The summed E-state index contributed by atoms with van der Waals surface area (Å²) < 4.78 is 4.49. The molecule has 0 fully saturated rings. The van der Waals surface area contributed by atoms with E-state index in [0.717, 1.165) is 5.56 Å². The van der Waals surface area contributed by atoms with Gasteiger partial charge in [0.2, 0.25) is 0 Å². The minimum atomic E-state index is -0.299. The molecule has 2 nitrogen and oxygen atoms in total. The van der Waals surface area contributed by atoms with Gasteiger partial charge in [-0.05, 0) is 11.6 Å². The van der Waals surface area contributed by atoms with Crippen LogP contribution in [0.15, 0.2) is 27.6 Å². The summed E-state index contributed by atoms with van der Waals surface area (Å²) in [6, 6.07) is 3.20. The Kier molecular flexibility index (Phi) is 2.05. The van der Waals surface area contributed by atoms with E-state index in [1.807, 2.05) is 0 Å². The SMILES string of the molecule is O=c1cc(CBr)cco1. The van der Waals surface area contributed by atoms with Crippen molar-refractivity contribution in [1.29, 1.82) is 0 Å². The Morgan fingerprint density at radius 2 is 2.44 bits per heavy atom. The molecule has 48 valence electrons. The van der Waals surface area contributed by atoms with Crippen molar-refractivity contribution in [3.8, 4) is 0 Å². The third-order valence-electron chi connectivity index (χ3n) is 0.924. The van der Waals surface area contributed by atoms with Crippen molar-refractivity contribution in [2.75, 3.05) is 0 Å². The highest BCUT2D eigenvalue weighted by Crippen LogP contribution is 1.99. The molecule has 0 N–H and O–H groups in total. The van der Waals surface area contributed by atoms with Crippen molar-refractivity contribution in [2.24, 2.45) is 0 Å². The first kappa shape index (κ1) is 6.55. The first-order valence-corrected chi connectivity index (χ1v) is 3.59. The highest BCUT2D eigenvalue weighted by atomic mass is 79.9.